The van der Waals surface area contributed by atoms with Crippen LogP contribution in [0.25, 0.3) is 0 Å². The molecule has 0 aliphatic rings. The van der Waals surface area contributed by atoms with Crippen LogP contribution in [-0.4, -0.2) is 20.9 Å². The maximum atomic E-state index is 10.6. The Kier molecular flexibility index (Phi) is 5.31. The molecule has 1 heterocycles. The number of carboxylic acid groups (broad SMARTS) is 1. The first-order valence-electron chi connectivity index (χ1n) is 6.66. The smallest absolute Gasteiger partial charge is 0.307 e. The van der Waals surface area contributed by atoms with Gasteiger partial charge in [0, 0.05) is 17.2 Å². The Labute approximate surface area is 133 Å². The highest BCUT2D eigenvalue weighted by Gasteiger charge is 2.12. The SMILES string of the molecule is CCn1nc(C)c(Cl)c1CSc1ccc(CC(=O)O)cc1. The fourth-order valence-electron chi connectivity index (χ4n) is 2.04. The van der Waals surface area contributed by atoms with E-state index in [9.17, 15) is 4.79 Å². The molecule has 0 aliphatic heterocycles. The quantitative estimate of drug-likeness (QED) is 0.821. The van der Waals surface area contributed by atoms with Crippen LogP contribution in [0.4, 0.5) is 0 Å². The summed E-state index contributed by atoms with van der Waals surface area (Å²) in [5.74, 6) is -0.0734. The molecule has 0 atom stereocenters. The van der Waals surface area contributed by atoms with E-state index in [0.717, 1.165) is 39.2 Å². The second-order valence-electron chi connectivity index (χ2n) is 4.66. The molecule has 4 nitrogen and oxygen atoms in total. The lowest BCUT2D eigenvalue weighted by Crippen LogP contribution is -2.01. The second kappa shape index (κ2) is 7.00. The van der Waals surface area contributed by atoms with Crippen LogP contribution in [-0.2, 0) is 23.5 Å². The van der Waals surface area contributed by atoms with Gasteiger partial charge in [-0.25, -0.2) is 0 Å². The lowest BCUT2D eigenvalue weighted by atomic mass is 10.2. The Bertz CT molecular complexity index is 638. The molecule has 1 aromatic heterocycles. The van der Waals surface area contributed by atoms with Crippen LogP contribution in [0.5, 0.6) is 0 Å². The number of aromatic nitrogens is 2. The molecule has 0 amide bonds. The van der Waals surface area contributed by atoms with Gasteiger partial charge in [-0.15, -0.1) is 11.8 Å². The van der Waals surface area contributed by atoms with E-state index in [1.807, 2.05) is 42.8 Å². The predicted molar refractivity (Wildman–Crippen MR) is 85.0 cm³/mol. The minimum absolute atomic E-state index is 0.0541. The molecule has 0 saturated heterocycles. The van der Waals surface area contributed by atoms with Crippen molar-refractivity contribution in [2.75, 3.05) is 0 Å². The summed E-state index contributed by atoms with van der Waals surface area (Å²) < 4.78 is 1.92. The molecule has 0 fully saturated rings. The van der Waals surface area contributed by atoms with Gasteiger partial charge in [0.15, 0.2) is 0 Å². The summed E-state index contributed by atoms with van der Waals surface area (Å²) in [5, 5.41) is 13.9. The van der Waals surface area contributed by atoms with Crippen molar-refractivity contribution in [3.8, 4) is 0 Å². The maximum Gasteiger partial charge on any atom is 0.307 e. The monoisotopic (exact) mass is 324 g/mol. The van der Waals surface area contributed by atoms with Crippen molar-refractivity contribution in [2.24, 2.45) is 0 Å². The van der Waals surface area contributed by atoms with E-state index in [1.165, 1.54) is 0 Å². The Morgan fingerprint density at radius 3 is 2.62 bits per heavy atom. The Morgan fingerprint density at radius 1 is 1.38 bits per heavy atom. The van der Waals surface area contributed by atoms with E-state index in [2.05, 4.69) is 5.10 Å². The summed E-state index contributed by atoms with van der Waals surface area (Å²) >= 11 is 7.94. The number of carboxylic acids is 1. The van der Waals surface area contributed by atoms with E-state index in [0.29, 0.717) is 0 Å². The van der Waals surface area contributed by atoms with Crippen molar-refractivity contribution < 1.29 is 9.90 Å². The summed E-state index contributed by atoms with van der Waals surface area (Å²) in [5.41, 5.74) is 2.68. The van der Waals surface area contributed by atoms with Crippen LogP contribution in [0.2, 0.25) is 5.02 Å². The Hall–Kier alpha value is -1.46. The van der Waals surface area contributed by atoms with Crippen molar-refractivity contribution in [1.29, 1.82) is 0 Å². The maximum absolute atomic E-state index is 10.6. The third-order valence-electron chi connectivity index (χ3n) is 3.11. The highest BCUT2D eigenvalue weighted by Crippen LogP contribution is 2.28. The van der Waals surface area contributed by atoms with E-state index >= 15 is 0 Å². The molecule has 0 unspecified atom stereocenters. The van der Waals surface area contributed by atoms with Gasteiger partial charge in [0.05, 0.1) is 22.8 Å². The van der Waals surface area contributed by atoms with Gasteiger partial charge in [-0.2, -0.15) is 5.10 Å². The van der Waals surface area contributed by atoms with Crippen LogP contribution < -0.4 is 0 Å². The van der Waals surface area contributed by atoms with Crippen molar-refractivity contribution in [3.63, 3.8) is 0 Å². The largest absolute Gasteiger partial charge is 0.481 e. The molecule has 2 rings (SSSR count). The van der Waals surface area contributed by atoms with Crippen molar-refractivity contribution in [1.82, 2.24) is 9.78 Å². The normalized spacial score (nSPS) is 10.8. The lowest BCUT2D eigenvalue weighted by molar-refractivity contribution is -0.136. The number of halogens is 1. The summed E-state index contributed by atoms with van der Waals surface area (Å²) in [6, 6.07) is 7.58. The number of hydrogen-bond donors (Lipinski definition) is 1. The van der Waals surface area contributed by atoms with E-state index < -0.39 is 5.97 Å². The van der Waals surface area contributed by atoms with Crippen LogP contribution >= 0.6 is 23.4 Å². The van der Waals surface area contributed by atoms with Crippen LogP contribution in [0.15, 0.2) is 29.2 Å². The fraction of sp³-hybridized carbons (Fsp3) is 0.333. The van der Waals surface area contributed by atoms with Gasteiger partial charge < -0.3 is 5.11 Å². The van der Waals surface area contributed by atoms with Crippen LogP contribution in [0.1, 0.15) is 23.9 Å². The number of hydrogen-bond acceptors (Lipinski definition) is 3. The minimum atomic E-state index is -0.815. The highest BCUT2D eigenvalue weighted by molar-refractivity contribution is 7.98. The molecule has 2 aromatic rings. The Balaban J connectivity index is 2.05. The van der Waals surface area contributed by atoms with Gasteiger partial charge in [0.2, 0.25) is 0 Å². The fourth-order valence-corrected chi connectivity index (χ4v) is 3.24. The third kappa shape index (κ3) is 4.02. The molecular formula is C15H17ClN2O2S. The first-order valence-corrected chi connectivity index (χ1v) is 8.03. The zero-order valence-electron chi connectivity index (χ0n) is 12.0. The molecule has 0 saturated carbocycles. The van der Waals surface area contributed by atoms with Gasteiger partial charge in [0.1, 0.15) is 0 Å². The molecule has 0 radical (unpaired) electrons. The number of thioether (sulfide) groups is 1. The molecule has 6 heteroatoms. The number of nitrogens with zero attached hydrogens (tertiary/aromatic N) is 2. The molecule has 0 spiro atoms. The zero-order chi connectivity index (χ0) is 15.4. The standard InChI is InChI=1S/C15H17ClN2O2S/c1-3-18-13(15(16)10(2)17-18)9-21-12-6-4-11(5-7-12)8-14(19)20/h4-7H,3,8-9H2,1-2H3,(H,19,20). The van der Waals surface area contributed by atoms with Crippen molar-refractivity contribution in [3.05, 3.63) is 46.2 Å². The number of aliphatic carboxylic acids is 1. The molecule has 112 valence electrons. The second-order valence-corrected chi connectivity index (χ2v) is 6.09. The first kappa shape index (κ1) is 15.9. The van der Waals surface area contributed by atoms with Gasteiger partial charge in [-0.05, 0) is 31.5 Å². The van der Waals surface area contributed by atoms with E-state index in [4.69, 9.17) is 16.7 Å². The third-order valence-corrected chi connectivity index (χ3v) is 4.62. The summed E-state index contributed by atoms with van der Waals surface area (Å²) in [7, 11) is 0. The van der Waals surface area contributed by atoms with E-state index in [1.54, 1.807) is 11.8 Å². The van der Waals surface area contributed by atoms with Gasteiger partial charge in [-0.3, -0.25) is 9.48 Å². The van der Waals surface area contributed by atoms with Gasteiger partial charge in [0.25, 0.3) is 0 Å². The van der Waals surface area contributed by atoms with Crippen LogP contribution in [0.3, 0.4) is 0 Å². The molecule has 1 N–H and O–H groups in total. The number of carbonyl (C=O) groups is 1. The Morgan fingerprint density at radius 2 is 2.05 bits per heavy atom. The van der Waals surface area contributed by atoms with Gasteiger partial charge in [-0.1, -0.05) is 23.7 Å². The summed E-state index contributed by atoms with van der Waals surface area (Å²) in [6.45, 7) is 4.74. The lowest BCUT2D eigenvalue weighted by Gasteiger charge is -2.06. The summed E-state index contributed by atoms with van der Waals surface area (Å²) in [4.78, 5) is 11.7. The van der Waals surface area contributed by atoms with Crippen molar-refractivity contribution in [2.45, 2.75) is 37.5 Å². The average Bonchev–Trinajstić information content (AvgIpc) is 2.73. The minimum Gasteiger partial charge on any atom is -0.481 e. The summed E-state index contributed by atoms with van der Waals surface area (Å²) in [6.07, 6.45) is 0.0541. The molecular weight excluding hydrogens is 308 g/mol. The molecule has 1 aromatic carbocycles. The van der Waals surface area contributed by atoms with Crippen molar-refractivity contribution >= 4 is 29.3 Å². The predicted octanol–water partition coefficient (Wildman–Crippen LogP) is 3.78. The first-order chi connectivity index (χ1) is 10.0. The zero-order valence-corrected chi connectivity index (χ0v) is 13.5. The molecule has 0 bridgehead atoms. The average molecular weight is 325 g/mol. The number of aryl methyl sites for hydroxylation is 2. The topological polar surface area (TPSA) is 55.1 Å². The highest BCUT2D eigenvalue weighted by atomic mass is 35.5. The van der Waals surface area contributed by atoms with E-state index in [-0.39, 0.29) is 6.42 Å². The van der Waals surface area contributed by atoms with Gasteiger partial charge >= 0.3 is 5.97 Å². The molecule has 21 heavy (non-hydrogen) atoms. The number of benzene rings is 1. The van der Waals surface area contributed by atoms with Crippen LogP contribution in [0, 0.1) is 6.92 Å². The molecule has 0 aliphatic carbocycles. The number of rotatable bonds is 6.